The normalized spacial score (nSPS) is 18.0. The van der Waals surface area contributed by atoms with Crippen LogP contribution < -0.4 is 5.32 Å². The summed E-state index contributed by atoms with van der Waals surface area (Å²) in [5.74, 6) is 0.149. The van der Waals surface area contributed by atoms with Gasteiger partial charge in [0.15, 0.2) is 0 Å². The van der Waals surface area contributed by atoms with Crippen LogP contribution in [-0.4, -0.2) is 43.5 Å². The third-order valence-electron chi connectivity index (χ3n) is 5.60. The lowest BCUT2D eigenvalue weighted by atomic mass is 10.0. The summed E-state index contributed by atoms with van der Waals surface area (Å²) < 4.78 is 4.05. The van der Waals surface area contributed by atoms with Crippen molar-refractivity contribution < 1.29 is 4.79 Å². The highest BCUT2D eigenvalue weighted by molar-refractivity contribution is 7.20. The Kier molecular flexibility index (Phi) is 3.65. The fraction of sp³-hybridized carbons (Fsp3) is 0.500. The van der Waals surface area contributed by atoms with Crippen LogP contribution >= 0.6 is 11.3 Å². The molecule has 0 unspecified atom stereocenters. The molecule has 136 valence electrons. The Morgan fingerprint density at radius 3 is 2.88 bits per heavy atom. The van der Waals surface area contributed by atoms with Gasteiger partial charge in [0.05, 0.1) is 28.5 Å². The molecule has 5 heterocycles. The molecule has 0 aliphatic carbocycles. The number of rotatable bonds is 2. The molecule has 5 rings (SSSR count). The molecule has 0 bridgehead atoms. The van der Waals surface area contributed by atoms with E-state index in [1.807, 2.05) is 35.8 Å². The smallest absolute Gasteiger partial charge is 0.264 e. The first-order valence-electron chi connectivity index (χ1n) is 9.10. The van der Waals surface area contributed by atoms with E-state index in [4.69, 9.17) is 0 Å². The van der Waals surface area contributed by atoms with Crippen molar-refractivity contribution in [3.63, 3.8) is 0 Å². The van der Waals surface area contributed by atoms with Gasteiger partial charge < -0.3 is 10.2 Å². The summed E-state index contributed by atoms with van der Waals surface area (Å²) in [6.07, 6.45) is 3.91. The Morgan fingerprint density at radius 1 is 1.31 bits per heavy atom. The number of hydrogen-bond donors (Lipinski definition) is 1. The molecule has 1 N–H and O–H groups in total. The second-order valence-electron chi connectivity index (χ2n) is 7.23. The zero-order chi connectivity index (χ0) is 17.8. The molecule has 2 aliphatic rings. The molecule has 7 nitrogen and oxygen atoms in total. The van der Waals surface area contributed by atoms with E-state index < -0.39 is 0 Å². The van der Waals surface area contributed by atoms with Gasteiger partial charge >= 0.3 is 0 Å². The quantitative estimate of drug-likeness (QED) is 0.751. The molecule has 0 atom stereocenters. The van der Waals surface area contributed by atoms with Crippen LogP contribution in [-0.2, 0) is 20.1 Å². The summed E-state index contributed by atoms with van der Waals surface area (Å²) in [6, 6.07) is 2.40. The molecular formula is C18H22N6OS. The van der Waals surface area contributed by atoms with E-state index in [9.17, 15) is 4.79 Å². The van der Waals surface area contributed by atoms with Crippen LogP contribution in [0.2, 0.25) is 0 Å². The number of likely N-dealkylation sites (tertiary alicyclic amines) is 1. The first-order chi connectivity index (χ1) is 12.6. The topological polar surface area (TPSA) is 68.0 Å². The first-order valence-corrected chi connectivity index (χ1v) is 9.92. The highest BCUT2D eigenvalue weighted by atomic mass is 32.1. The van der Waals surface area contributed by atoms with Gasteiger partial charge in [-0.1, -0.05) is 0 Å². The van der Waals surface area contributed by atoms with Crippen molar-refractivity contribution in [1.29, 1.82) is 0 Å². The lowest BCUT2D eigenvalue weighted by molar-refractivity contribution is 0.0694. The molecule has 2 aliphatic heterocycles. The van der Waals surface area contributed by atoms with E-state index in [0.717, 1.165) is 59.8 Å². The van der Waals surface area contributed by atoms with Crippen LogP contribution in [0.15, 0.2) is 12.3 Å². The van der Waals surface area contributed by atoms with E-state index in [2.05, 4.69) is 20.2 Å². The predicted molar refractivity (Wildman–Crippen MR) is 100 cm³/mol. The van der Waals surface area contributed by atoms with Crippen LogP contribution in [0.4, 0.5) is 0 Å². The maximum atomic E-state index is 12.9. The standard InChI is InChI=1S/C18H22N6OS/c1-11-14-7-16(26-18(14)22(2)21-11)17(25)23-5-3-13(4-6-23)24-15-10-19-8-12(15)9-20-24/h7,9,13,19H,3-6,8,10H2,1-2H3. The third kappa shape index (κ3) is 2.39. The van der Waals surface area contributed by atoms with Crippen LogP contribution in [0, 0.1) is 6.92 Å². The molecule has 0 aromatic carbocycles. The van der Waals surface area contributed by atoms with Crippen molar-refractivity contribution in [2.24, 2.45) is 7.05 Å². The Hall–Kier alpha value is -2.19. The number of carbonyl (C=O) groups is 1. The van der Waals surface area contributed by atoms with Crippen molar-refractivity contribution in [3.8, 4) is 0 Å². The van der Waals surface area contributed by atoms with Gasteiger partial charge in [0.2, 0.25) is 0 Å². The second-order valence-corrected chi connectivity index (χ2v) is 8.26. The number of aryl methyl sites for hydroxylation is 2. The number of nitrogens with one attached hydrogen (secondary N) is 1. The van der Waals surface area contributed by atoms with Crippen molar-refractivity contribution in [2.75, 3.05) is 13.1 Å². The molecule has 26 heavy (non-hydrogen) atoms. The van der Waals surface area contributed by atoms with Gasteiger partial charge in [-0.05, 0) is 25.8 Å². The van der Waals surface area contributed by atoms with Gasteiger partial charge in [-0.3, -0.25) is 14.2 Å². The Bertz CT molecular complexity index is 957. The fourth-order valence-corrected chi connectivity index (χ4v) is 5.27. The summed E-state index contributed by atoms with van der Waals surface area (Å²) >= 11 is 1.54. The summed E-state index contributed by atoms with van der Waals surface area (Å²) in [5.41, 5.74) is 3.62. The maximum absolute atomic E-state index is 12.9. The number of nitrogens with zero attached hydrogens (tertiary/aromatic N) is 5. The third-order valence-corrected chi connectivity index (χ3v) is 6.79. The van der Waals surface area contributed by atoms with E-state index in [0.29, 0.717) is 6.04 Å². The van der Waals surface area contributed by atoms with E-state index in [-0.39, 0.29) is 5.91 Å². The summed E-state index contributed by atoms with van der Waals surface area (Å²) in [6.45, 7) is 5.40. The zero-order valence-electron chi connectivity index (χ0n) is 15.0. The monoisotopic (exact) mass is 370 g/mol. The molecule has 0 spiro atoms. The van der Waals surface area contributed by atoms with Crippen molar-refractivity contribution >= 4 is 27.5 Å². The minimum atomic E-state index is 0.149. The largest absolute Gasteiger partial charge is 0.338 e. The van der Waals surface area contributed by atoms with Crippen LogP contribution in [0.3, 0.4) is 0 Å². The molecule has 3 aromatic rings. The number of hydrogen-bond acceptors (Lipinski definition) is 5. The molecule has 0 saturated carbocycles. The zero-order valence-corrected chi connectivity index (χ0v) is 15.8. The van der Waals surface area contributed by atoms with E-state index >= 15 is 0 Å². The lowest BCUT2D eigenvalue weighted by Crippen LogP contribution is -2.39. The van der Waals surface area contributed by atoms with Gasteiger partial charge in [0.25, 0.3) is 5.91 Å². The second kappa shape index (κ2) is 5.92. The number of piperidine rings is 1. The number of amides is 1. The van der Waals surface area contributed by atoms with Crippen LogP contribution in [0.5, 0.6) is 0 Å². The highest BCUT2D eigenvalue weighted by Crippen LogP contribution is 2.31. The molecule has 1 saturated heterocycles. The number of aromatic nitrogens is 4. The van der Waals surface area contributed by atoms with Gasteiger partial charge in [-0.2, -0.15) is 10.2 Å². The molecule has 1 fully saturated rings. The number of fused-ring (bicyclic) bond motifs is 2. The number of carbonyl (C=O) groups excluding carboxylic acids is 1. The first kappa shape index (κ1) is 16.0. The summed E-state index contributed by atoms with van der Waals surface area (Å²) in [7, 11) is 1.93. The van der Waals surface area contributed by atoms with E-state index in [1.54, 1.807) is 11.3 Å². The lowest BCUT2D eigenvalue weighted by Gasteiger charge is -2.32. The van der Waals surface area contributed by atoms with Crippen molar-refractivity contribution in [1.82, 2.24) is 29.8 Å². The average molecular weight is 370 g/mol. The van der Waals surface area contributed by atoms with Gasteiger partial charge in [0, 0.05) is 44.2 Å². The van der Waals surface area contributed by atoms with Crippen molar-refractivity contribution in [3.05, 3.63) is 34.1 Å². The van der Waals surface area contributed by atoms with Gasteiger partial charge in [0.1, 0.15) is 4.83 Å². The Labute approximate surface area is 155 Å². The summed E-state index contributed by atoms with van der Waals surface area (Å²) in [5, 5.41) is 13.5. The molecular weight excluding hydrogens is 348 g/mol. The predicted octanol–water partition coefficient (Wildman–Crippen LogP) is 2.22. The summed E-state index contributed by atoms with van der Waals surface area (Å²) in [4.78, 5) is 16.8. The SMILES string of the molecule is Cc1nn(C)c2sc(C(=O)N3CCC(n4ncc5c4CNC5)CC3)cc12. The molecule has 1 amide bonds. The van der Waals surface area contributed by atoms with Gasteiger partial charge in [-0.25, -0.2) is 0 Å². The van der Waals surface area contributed by atoms with Gasteiger partial charge in [-0.15, -0.1) is 11.3 Å². The van der Waals surface area contributed by atoms with Crippen molar-refractivity contribution in [2.45, 2.75) is 38.9 Å². The molecule has 0 radical (unpaired) electrons. The Morgan fingerprint density at radius 2 is 2.12 bits per heavy atom. The minimum absolute atomic E-state index is 0.149. The maximum Gasteiger partial charge on any atom is 0.264 e. The Balaban J connectivity index is 1.31. The molecule has 3 aromatic heterocycles. The molecule has 8 heteroatoms. The van der Waals surface area contributed by atoms with Crippen LogP contribution in [0.25, 0.3) is 10.2 Å². The highest BCUT2D eigenvalue weighted by Gasteiger charge is 2.29. The number of thiophene rings is 1. The fourth-order valence-electron chi connectivity index (χ4n) is 4.18. The minimum Gasteiger partial charge on any atom is -0.338 e. The van der Waals surface area contributed by atoms with Crippen LogP contribution in [0.1, 0.15) is 45.5 Å². The average Bonchev–Trinajstić information content (AvgIpc) is 3.38. The van der Waals surface area contributed by atoms with E-state index in [1.165, 1.54) is 11.3 Å².